The van der Waals surface area contributed by atoms with Crippen LogP contribution in [-0.4, -0.2) is 27.5 Å². The first-order chi connectivity index (χ1) is 15.1. The Labute approximate surface area is 189 Å². The van der Waals surface area contributed by atoms with Gasteiger partial charge in [0, 0.05) is 11.0 Å². The van der Waals surface area contributed by atoms with Crippen molar-refractivity contribution in [3.8, 4) is 0 Å². The predicted molar refractivity (Wildman–Crippen MR) is 126 cm³/mol. The Morgan fingerprint density at radius 3 is 2.19 bits per heavy atom. The lowest BCUT2D eigenvalue weighted by atomic mass is 9.77. The van der Waals surface area contributed by atoms with Crippen LogP contribution in [0.4, 0.5) is 4.79 Å². The van der Waals surface area contributed by atoms with Crippen LogP contribution in [0, 0.1) is 0 Å². The summed E-state index contributed by atoms with van der Waals surface area (Å²) in [5, 5.41) is 9.90. The van der Waals surface area contributed by atoms with Crippen LogP contribution in [0.5, 0.6) is 0 Å². The summed E-state index contributed by atoms with van der Waals surface area (Å²) < 4.78 is 0. The molecule has 0 radical (unpaired) electrons. The maximum Gasteiger partial charge on any atom is 0.408 e. The van der Waals surface area contributed by atoms with Gasteiger partial charge in [0.2, 0.25) is 0 Å². The van der Waals surface area contributed by atoms with Crippen LogP contribution in [0.15, 0.2) is 84.6 Å². The van der Waals surface area contributed by atoms with Gasteiger partial charge in [-0.3, -0.25) is 20.5 Å². The zero-order chi connectivity index (χ0) is 23.4. The molecule has 3 N–H and O–H groups in total. The molecule has 2 aromatic carbocycles. The fourth-order valence-corrected chi connectivity index (χ4v) is 4.02. The smallest absolute Gasteiger partial charge is 0.408 e. The van der Waals surface area contributed by atoms with Crippen molar-refractivity contribution in [1.82, 2.24) is 15.8 Å². The summed E-state index contributed by atoms with van der Waals surface area (Å²) in [6.45, 7) is 7.47. The van der Waals surface area contributed by atoms with Crippen LogP contribution in [0.3, 0.4) is 0 Å². The number of hydrazine groups is 1. The molecule has 32 heavy (non-hydrogen) atoms. The highest BCUT2D eigenvalue weighted by Crippen LogP contribution is 2.33. The Kier molecular flexibility index (Phi) is 6.72. The fourth-order valence-electron chi connectivity index (χ4n) is 4.02. The van der Waals surface area contributed by atoms with E-state index in [1.807, 2.05) is 30.3 Å². The molecule has 0 bridgehead atoms. The van der Waals surface area contributed by atoms with E-state index in [9.17, 15) is 14.7 Å². The van der Waals surface area contributed by atoms with Crippen molar-refractivity contribution in [2.24, 2.45) is 0 Å². The third kappa shape index (κ3) is 5.19. The van der Waals surface area contributed by atoms with Crippen LogP contribution < -0.4 is 10.9 Å². The highest BCUT2D eigenvalue weighted by molar-refractivity contribution is 5.86. The normalized spacial score (nSPS) is 18.9. The van der Waals surface area contributed by atoms with Crippen LogP contribution in [0.1, 0.15) is 51.3 Å². The first-order valence-electron chi connectivity index (χ1n) is 10.7. The number of carboxylic acid groups (broad SMARTS) is 1. The molecular weight excluding hydrogens is 402 g/mol. The van der Waals surface area contributed by atoms with Gasteiger partial charge in [-0.2, -0.15) is 0 Å². The van der Waals surface area contributed by atoms with E-state index in [-0.39, 0.29) is 5.41 Å². The lowest BCUT2D eigenvalue weighted by Gasteiger charge is -2.39. The molecule has 2 unspecified atom stereocenters. The van der Waals surface area contributed by atoms with Gasteiger partial charge in [0.05, 0.1) is 5.70 Å². The molecule has 1 aliphatic rings. The summed E-state index contributed by atoms with van der Waals surface area (Å²) in [5.41, 5.74) is 7.28. The number of hydrogen-bond acceptors (Lipinski definition) is 3. The number of allylic oxidation sites excluding steroid dienone is 3. The topological polar surface area (TPSA) is 81.7 Å². The van der Waals surface area contributed by atoms with Gasteiger partial charge in [-0.25, -0.2) is 4.79 Å². The third-order valence-corrected chi connectivity index (χ3v) is 5.63. The molecule has 0 aromatic heterocycles. The minimum Gasteiger partial charge on any atom is -0.465 e. The van der Waals surface area contributed by atoms with Crippen molar-refractivity contribution >= 4 is 12.0 Å². The molecule has 0 spiro atoms. The van der Waals surface area contributed by atoms with E-state index in [1.54, 1.807) is 45.0 Å². The van der Waals surface area contributed by atoms with Gasteiger partial charge < -0.3 is 5.11 Å². The molecule has 0 aliphatic heterocycles. The highest BCUT2D eigenvalue weighted by Gasteiger charge is 2.38. The van der Waals surface area contributed by atoms with Crippen LogP contribution in [0.2, 0.25) is 0 Å². The molecular formula is C26H31N3O3. The monoisotopic (exact) mass is 433 g/mol. The number of nitrogens with zero attached hydrogens (tertiary/aromatic N) is 1. The maximum absolute atomic E-state index is 13.3. The molecule has 3 rings (SSSR count). The van der Waals surface area contributed by atoms with Crippen molar-refractivity contribution in [3.63, 3.8) is 0 Å². The SMILES string of the molecule is CC1(c2ccccc2)C=C(NNC(=O)C(c2ccccc2)N(C(=O)O)C(C)(C)C)C=CC1. The maximum atomic E-state index is 13.3. The van der Waals surface area contributed by atoms with Crippen molar-refractivity contribution in [3.05, 3.63) is 95.7 Å². The van der Waals surface area contributed by atoms with E-state index < -0.39 is 23.6 Å². The number of carbonyl (C=O) groups excluding carboxylic acids is 1. The molecule has 2 aromatic rings. The lowest BCUT2D eigenvalue weighted by molar-refractivity contribution is -0.128. The van der Waals surface area contributed by atoms with Crippen LogP contribution in [-0.2, 0) is 10.2 Å². The van der Waals surface area contributed by atoms with Gasteiger partial charge >= 0.3 is 6.09 Å². The lowest BCUT2D eigenvalue weighted by Crippen LogP contribution is -2.53. The largest absolute Gasteiger partial charge is 0.465 e. The number of rotatable bonds is 6. The standard InChI is InChI=1S/C26H31N3O3/c1-25(2,3)29(24(31)32)22(19-12-7-5-8-13-19)23(30)28-27-21-16-11-17-26(4,18-21)20-14-9-6-10-15-20/h5-16,18,22,27H,17H2,1-4H3,(H,28,30)(H,31,32). The number of hydrogen-bond donors (Lipinski definition) is 3. The Bertz CT molecular complexity index is 1010. The fraction of sp³-hybridized carbons (Fsp3) is 0.308. The second-order valence-corrected chi connectivity index (χ2v) is 9.24. The molecule has 168 valence electrons. The molecule has 0 saturated heterocycles. The zero-order valence-electron chi connectivity index (χ0n) is 19.0. The Morgan fingerprint density at radius 2 is 1.62 bits per heavy atom. The number of benzene rings is 2. The quantitative estimate of drug-likeness (QED) is 0.564. The highest BCUT2D eigenvalue weighted by atomic mass is 16.4. The van der Waals surface area contributed by atoms with Crippen molar-refractivity contribution < 1.29 is 14.7 Å². The molecule has 2 amide bonds. The molecule has 6 heteroatoms. The van der Waals surface area contributed by atoms with Gasteiger partial charge in [0.1, 0.15) is 6.04 Å². The molecule has 0 saturated carbocycles. The van der Waals surface area contributed by atoms with E-state index >= 15 is 0 Å². The average Bonchev–Trinajstić information content (AvgIpc) is 2.76. The number of amides is 2. The predicted octanol–water partition coefficient (Wildman–Crippen LogP) is 4.93. The second kappa shape index (κ2) is 9.30. The number of carbonyl (C=O) groups is 2. The second-order valence-electron chi connectivity index (χ2n) is 9.24. The third-order valence-electron chi connectivity index (χ3n) is 5.63. The Hall–Kier alpha value is -3.54. The summed E-state index contributed by atoms with van der Waals surface area (Å²) in [6.07, 6.45) is 5.75. The van der Waals surface area contributed by atoms with E-state index in [0.717, 1.165) is 12.1 Å². The summed E-state index contributed by atoms with van der Waals surface area (Å²) in [6, 6.07) is 18.1. The van der Waals surface area contributed by atoms with Gasteiger partial charge in [-0.05, 0) is 50.5 Å². The van der Waals surface area contributed by atoms with Gasteiger partial charge in [-0.15, -0.1) is 0 Å². The summed E-state index contributed by atoms with van der Waals surface area (Å²) in [4.78, 5) is 26.6. The Morgan fingerprint density at radius 1 is 1.03 bits per heavy atom. The molecule has 2 atom stereocenters. The first-order valence-corrected chi connectivity index (χ1v) is 10.7. The Balaban J connectivity index is 1.84. The van der Waals surface area contributed by atoms with Crippen molar-refractivity contribution in [2.45, 2.75) is 51.1 Å². The summed E-state index contributed by atoms with van der Waals surface area (Å²) in [7, 11) is 0. The molecule has 1 aliphatic carbocycles. The number of nitrogens with one attached hydrogen (secondary N) is 2. The van der Waals surface area contributed by atoms with E-state index in [0.29, 0.717) is 5.56 Å². The average molecular weight is 434 g/mol. The summed E-state index contributed by atoms with van der Waals surface area (Å²) in [5.74, 6) is -0.449. The summed E-state index contributed by atoms with van der Waals surface area (Å²) >= 11 is 0. The van der Waals surface area contributed by atoms with E-state index in [4.69, 9.17) is 0 Å². The van der Waals surface area contributed by atoms with E-state index in [2.05, 4.69) is 42.1 Å². The molecule has 0 fully saturated rings. The van der Waals surface area contributed by atoms with E-state index in [1.165, 1.54) is 10.5 Å². The molecule has 0 heterocycles. The van der Waals surface area contributed by atoms with Gasteiger partial charge in [-0.1, -0.05) is 73.7 Å². The minimum atomic E-state index is -1.16. The zero-order valence-corrected chi connectivity index (χ0v) is 19.0. The van der Waals surface area contributed by atoms with Crippen molar-refractivity contribution in [1.29, 1.82) is 0 Å². The first kappa shape index (κ1) is 23.1. The van der Waals surface area contributed by atoms with Crippen molar-refractivity contribution in [2.75, 3.05) is 0 Å². The van der Waals surface area contributed by atoms with Crippen LogP contribution >= 0.6 is 0 Å². The van der Waals surface area contributed by atoms with Crippen LogP contribution in [0.25, 0.3) is 0 Å². The minimum absolute atomic E-state index is 0.208. The van der Waals surface area contributed by atoms with Gasteiger partial charge in [0.25, 0.3) is 5.91 Å². The molecule has 6 nitrogen and oxygen atoms in total. The van der Waals surface area contributed by atoms with Gasteiger partial charge in [0.15, 0.2) is 0 Å².